The Morgan fingerprint density at radius 3 is 2.15 bits per heavy atom. The summed E-state index contributed by atoms with van der Waals surface area (Å²) in [6, 6.07) is 19.9. The first-order valence-electron chi connectivity index (χ1n) is 11.6. The van der Waals surface area contributed by atoms with Crippen LogP contribution in [0.5, 0.6) is 0 Å². The van der Waals surface area contributed by atoms with Gasteiger partial charge in [0, 0.05) is 43.3 Å². The van der Waals surface area contributed by atoms with E-state index in [-0.39, 0.29) is 36.3 Å². The number of amides is 2. The number of halogens is 1. The lowest BCUT2D eigenvalue weighted by molar-refractivity contribution is 0.0644. The van der Waals surface area contributed by atoms with Crippen LogP contribution in [0.15, 0.2) is 60.7 Å². The highest BCUT2D eigenvalue weighted by atomic mass is 35.5. The third-order valence-corrected chi connectivity index (χ3v) is 5.97. The first-order valence-corrected chi connectivity index (χ1v) is 11.6. The maximum Gasteiger partial charge on any atom is 0.254 e. The second-order valence-electron chi connectivity index (χ2n) is 9.02. The van der Waals surface area contributed by atoms with Gasteiger partial charge in [-0.15, -0.1) is 12.4 Å². The minimum atomic E-state index is -0.00219. The number of likely N-dealkylation sites (N-methyl/N-ethyl adjacent to an activating group) is 2. The topological polar surface area (TPSA) is 52.7 Å². The highest BCUT2D eigenvalue weighted by Gasteiger charge is 2.24. The molecule has 0 saturated carbocycles. The summed E-state index contributed by atoms with van der Waals surface area (Å²) in [4.78, 5) is 30.0. The molecule has 0 aliphatic carbocycles. The molecule has 0 saturated heterocycles. The molecular formula is C28H36ClN3O2. The molecule has 3 rings (SSSR count). The van der Waals surface area contributed by atoms with Crippen LogP contribution in [-0.2, 0) is 0 Å². The van der Waals surface area contributed by atoms with Gasteiger partial charge in [0.05, 0.1) is 0 Å². The van der Waals surface area contributed by atoms with Crippen LogP contribution in [0.3, 0.4) is 0 Å². The number of hydrogen-bond acceptors (Lipinski definition) is 3. The van der Waals surface area contributed by atoms with Crippen molar-refractivity contribution >= 4 is 35.0 Å². The first-order chi connectivity index (χ1) is 15.8. The van der Waals surface area contributed by atoms with Crippen molar-refractivity contribution in [2.24, 2.45) is 0 Å². The Balaban J connectivity index is 0.00000408. The normalized spacial score (nSPS) is 10.9. The van der Waals surface area contributed by atoms with Gasteiger partial charge in [-0.05, 0) is 74.8 Å². The summed E-state index contributed by atoms with van der Waals surface area (Å²) in [5.74, 6) is 0.0307. The monoisotopic (exact) mass is 481 g/mol. The van der Waals surface area contributed by atoms with E-state index < -0.39 is 0 Å². The van der Waals surface area contributed by atoms with Crippen molar-refractivity contribution in [2.75, 3.05) is 27.2 Å². The molecule has 0 heterocycles. The van der Waals surface area contributed by atoms with E-state index in [1.165, 1.54) is 0 Å². The molecule has 0 fully saturated rings. The zero-order valence-electron chi connectivity index (χ0n) is 21.0. The van der Waals surface area contributed by atoms with Gasteiger partial charge in [0.2, 0.25) is 0 Å². The van der Waals surface area contributed by atoms with Gasteiger partial charge >= 0.3 is 0 Å². The highest BCUT2D eigenvalue weighted by molar-refractivity contribution is 6.07. The van der Waals surface area contributed by atoms with Crippen molar-refractivity contribution in [1.82, 2.24) is 15.1 Å². The van der Waals surface area contributed by atoms with Crippen LogP contribution in [-0.4, -0.2) is 60.9 Å². The van der Waals surface area contributed by atoms with E-state index in [1.807, 2.05) is 107 Å². The quantitative estimate of drug-likeness (QED) is 0.463. The third-order valence-electron chi connectivity index (χ3n) is 5.97. The van der Waals surface area contributed by atoms with Crippen molar-refractivity contribution in [3.05, 3.63) is 71.8 Å². The van der Waals surface area contributed by atoms with Gasteiger partial charge in [0.25, 0.3) is 11.8 Å². The number of rotatable bonds is 8. The number of nitrogens with zero attached hydrogens (tertiary/aromatic N) is 2. The van der Waals surface area contributed by atoms with Gasteiger partial charge in [0.15, 0.2) is 0 Å². The number of nitrogens with one attached hydrogen (secondary N) is 1. The molecule has 34 heavy (non-hydrogen) atoms. The van der Waals surface area contributed by atoms with Crippen LogP contribution in [0.25, 0.3) is 21.9 Å². The summed E-state index contributed by atoms with van der Waals surface area (Å²) >= 11 is 0. The van der Waals surface area contributed by atoms with E-state index in [0.717, 1.165) is 28.4 Å². The average molecular weight is 482 g/mol. The van der Waals surface area contributed by atoms with E-state index in [1.54, 1.807) is 4.90 Å². The van der Waals surface area contributed by atoms with Crippen molar-refractivity contribution in [3.8, 4) is 11.1 Å². The molecule has 0 spiro atoms. The van der Waals surface area contributed by atoms with E-state index in [2.05, 4.69) is 5.32 Å². The molecule has 5 nitrogen and oxygen atoms in total. The van der Waals surface area contributed by atoms with Crippen molar-refractivity contribution in [1.29, 1.82) is 0 Å². The van der Waals surface area contributed by atoms with Crippen LogP contribution in [0, 0.1) is 0 Å². The molecule has 0 aromatic heterocycles. The van der Waals surface area contributed by atoms with Crippen molar-refractivity contribution in [2.45, 2.75) is 39.8 Å². The van der Waals surface area contributed by atoms with Gasteiger partial charge in [-0.25, -0.2) is 0 Å². The second kappa shape index (κ2) is 12.0. The molecule has 3 aromatic carbocycles. The Kier molecular flexibility index (Phi) is 9.66. The SMILES string of the molecule is CNCCN(C)C(=O)c1ccc2c(-c3ccccc3C(=O)N(C(C)C)C(C)C)cccc2c1.Cl. The van der Waals surface area contributed by atoms with Gasteiger partial charge in [-0.3, -0.25) is 9.59 Å². The zero-order valence-corrected chi connectivity index (χ0v) is 21.8. The fourth-order valence-electron chi connectivity index (χ4n) is 4.36. The largest absolute Gasteiger partial charge is 0.340 e. The molecule has 0 aliphatic heterocycles. The summed E-state index contributed by atoms with van der Waals surface area (Å²) in [6.07, 6.45) is 0. The predicted molar refractivity (Wildman–Crippen MR) is 144 cm³/mol. The molecule has 0 radical (unpaired) electrons. The van der Waals surface area contributed by atoms with Gasteiger partial charge < -0.3 is 15.1 Å². The number of carbonyl (C=O) groups is 2. The maximum absolute atomic E-state index is 13.5. The summed E-state index contributed by atoms with van der Waals surface area (Å²) in [6.45, 7) is 9.57. The Morgan fingerprint density at radius 1 is 0.853 bits per heavy atom. The smallest absolute Gasteiger partial charge is 0.254 e. The fraction of sp³-hybridized carbons (Fsp3) is 0.357. The molecule has 182 valence electrons. The van der Waals surface area contributed by atoms with Crippen molar-refractivity contribution < 1.29 is 9.59 Å². The fourth-order valence-corrected chi connectivity index (χ4v) is 4.36. The lowest BCUT2D eigenvalue weighted by Crippen LogP contribution is -2.42. The molecule has 0 bridgehead atoms. The lowest BCUT2D eigenvalue weighted by Gasteiger charge is -2.31. The Labute approximate surface area is 209 Å². The molecule has 3 aromatic rings. The Hall–Kier alpha value is -2.89. The minimum absolute atomic E-state index is 0. The highest BCUT2D eigenvalue weighted by Crippen LogP contribution is 2.33. The molecule has 0 aliphatic rings. The second-order valence-corrected chi connectivity index (χ2v) is 9.02. The van der Waals surface area contributed by atoms with E-state index in [0.29, 0.717) is 17.7 Å². The average Bonchev–Trinajstić information content (AvgIpc) is 2.80. The number of fused-ring (bicyclic) bond motifs is 1. The van der Waals surface area contributed by atoms with Gasteiger partial charge in [0.1, 0.15) is 0 Å². The number of benzene rings is 3. The molecular weight excluding hydrogens is 446 g/mol. The first kappa shape index (κ1) is 27.4. The molecule has 0 unspecified atom stereocenters. The summed E-state index contributed by atoms with van der Waals surface area (Å²) < 4.78 is 0. The van der Waals surface area contributed by atoms with Gasteiger partial charge in [-0.2, -0.15) is 0 Å². The summed E-state index contributed by atoms with van der Waals surface area (Å²) in [5, 5.41) is 5.07. The van der Waals surface area contributed by atoms with Crippen LogP contribution < -0.4 is 5.32 Å². The molecule has 2 amide bonds. The van der Waals surface area contributed by atoms with Crippen LogP contribution in [0.1, 0.15) is 48.4 Å². The predicted octanol–water partition coefficient (Wildman–Crippen LogP) is 5.48. The number of carbonyl (C=O) groups excluding carboxylic acids is 2. The van der Waals surface area contributed by atoms with E-state index >= 15 is 0 Å². The molecule has 6 heteroatoms. The summed E-state index contributed by atoms with van der Waals surface area (Å²) in [5.41, 5.74) is 3.25. The Morgan fingerprint density at radius 2 is 1.50 bits per heavy atom. The Bertz CT molecular complexity index is 1140. The van der Waals surface area contributed by atoms with Gasteiger partial charge in [-0.1, -0.05) is 42.5 Å². The van der Waals surface area contributed by atoms with Crippen LogP contribution in [0.2, 0.25) is 0 Å². The van der Waals surface area contributed by atoms with E-state index in [9.17, 15) is 9.59 Å². The third kappa shape index (κ3) is 5.78. The van der Waals surface area contributed by atoms with E-state index in [4.69, 9.17) is 0 Å². The van der Waals surface area contributed by atoms with Crippen LogP contribution >= 0.6 is 12.4 Å². The maximum atomic E-state index is 13.5. The minimum Gasteiger partial charge on any atom is -0.340 e. The zero-order chi connectivity index (χ0) is 24.1. The molecule has 1 N–H and O–H groups in total. The number of hydrogen-bond donors (Lipinski definition) is 1. The summed E-state index contributed by atoms with van der Waals surface area (Å²) in [7, 11) is 3.69. The van der Waals surface area contributed by atoms with Crippen LogP contribution in [0.4, 0.5) is 0 Å². The standard InChI is InChI=1S/C28H35N3O2.ClH/c1-19(2)31(20(3)4)28(33)26-12-8-7-11-25(26)24-13-9-10-21-18-22(14-15-23(21)24)27(32)30(6)17-16-29-5;/h7-15,18-20,29H,16-17H2,1-6H3;1H. The lowest BCUT2D eigenvalue weighted by atomic mass is 9.93. The molecule has 0 atom stereocenters. The van der Waals surface area contributed by atoms with Crippen molar-refractivity contribution in [3.63, 3.8) is 0 Å².